The predicted molar refractivity (Wildman–Crippen MR) is 177 cm³/mol. The molecule has 0 bridgehead atoms. The lowest BCUT2D eigenvalue weighted by Crippen LogP contribution is -2.60. The number of alkyl carbamates (subject to hydrolysis) is 1. The van der Waals surface area contributed by atoms with Crippen molar-refractivity contribution in [3.63, 3.8) is 0 Å². The molecule has 0 aromatic heterocycles. The van der Waals surface area contributed by atoms with Crippen LogP contribution in [-0.2, 0) is 33.9 Å². The van der Waals surface area contributed by atoms with Crippen LogP contribution in [0.15, 0.2) is 43.0 Å². The number of benzene rings is 1. The fraction of sp³-hybridized carbons (Fsp3) is 0.606. The molecule has 264 valence electrons. The van der Waals surface area contributed by atoms with Crippen molar-refractivity contribution in [2.75, 3.05) is 18.5 Å². The highest BCUT2D eigenvalue weighted by molar-refractivity contribution is 7.91. The number of sulfonamides is 1. The van der Waals surface area contributed by atoms with Crippen molar-refractivity contribution in [3.05, 3.63) is 43.0 Å². The third-order valence-corrected chi connectivity index (χ3v) is 10.4. The van der Waals surface area contributed by atoms with Crippen LogP contribution in [0.25, 0.3) is 0 Å². The molecular weight excluding hydrogens is 642 g/mol. The first-order chi connectivity index (χ1) is 22.2. The summed E-state index contributed by atoms with van der Waals surface area (Å²) in [6.07, 6.45) is -0.135. The van der Waals surface area contributed by atoms with Crippen molar-refractivity contribution < 1.29 is 41.9 Å². The Morgan fingerprint density at radius 1 is 1.06 bits per heavy atom. The van der Waals surface area contributed by atoms with Gasteiger partial charge in [0.15, 0.2) is 0 Å². The first-order valence-corrected chi connectivity index (χ1v) is 17.5. The van der Waals surface area contributed by atoms with E-state index in [0.29, 0.717) is 18.5 Å². The van der Waals surface area contributed by atoms with Gasteiger partial charge < -0.3 is 25.0 Å². The molecule has 2 aliphatic carbocycles. The maximum Gasteiger partial charge on any atom is 0.414 e. The van der Waals surface area contributed by atoms with E-state index in [4.69, 9.17) is 9.47 Å². The van der Waals surface area contributed by atoms with E-state index in [1.807, 2.05) is 0 Å². The van der Waals surface area contributed by atoms with Gasteiger partial charge in [-0.3, -0.25) is 24.0 Å². The molecule has 0 radical (unpaired) electrons. The molecule has 0 spiro atoms. The number of nitrogens with one attached hydrogen (secondary N) is 3. The first kappa shape index (κ1) is 36.7. The maximum absolute atomic E-state index is 14.2. The van der Waals surface area contributed by atoms with Gasteiger partial charge in [-0.15, -0.1) is 6.58 Å². The largest absolute Gasteiger partial charge is 0.444 e. The first-order valence-electron chi connectivity index (χ1n) is 16.0. The fourth-order valence-electron chi connectivity index (χ4n) is 5.61. The molecule has 1 aliphatic heterocycles. The Labute approximate surface area is 282 Å². The molecule has 1 unspecified atom stereocenters. The van der Waals surface area contributed by atoms with Crippen molar-refractivity contribution in [1.29, 1.82) is 0 Å². The number of nitrogens with zero attached hydrogens (tertiary/aromatic N) is 2. The van der Waals surface area contributed by atoms with E-state index in [1.165, 1.54) is 22.9 Å². The van der Waals surface area contributed by atoms with Gasteiger partial charge in [-0.1, -0.05) is 45.0 Å². The monoisotopic (exact) mass is 689 g/mol. The summed E-state index contributed by atoms with van der Waals surface area (Å²) in [6, 6.07) is 6.36. The van der Waals surface area contributed by atoms with Gasteiger partial charge in [0, 0.05) is 25.1 Å². The Bertz CT molecular complexity index is 1550. The topological polar surface area (TPSA) is 181 Å². The van der Waals surface area contributed by atoms with Crippen LogP contribution >= 0.6 is 0 Å². The fourth-order valence-corrected chi connectivity index (χ4v) is 6.98. The number of likely N-dealkylation sites (tertiary alicyclic amines) is 1. The molecule has 1 saturated heterocycles. The molecular formula is C33H47N5O9S. The Morgan fingerprint density at radius 3 is 2.21 bits per heavy atom. The molecule has 1 heterocycles. The molecule has 3 N–H and O–H groups in total. The zero-order valence-corrected chi connectivity index (χ0v) is 29.4. The summed E-state index contributed by atoms with van der Waals surface area (Å²) in [7, 11) is -2.38. The van der Waals surface area contributed by atoms with Gasteiger partial charge in [0.1, 0.15) is 29.3 Å². The Hall–Kier alpha value is -4.14. The van der Waals surface area contributed by atoms with E-state index in [2.05, 4.69) is 21.9 Å². The molecule has 15 heteroatoms. The van der Waals surface area contributed by atoms with E-state index in [0.717, 1.165) is 0 Å². The number of amides is 5. The van der Waals surface area contributed by atoms with Gasteiger partial charge >= 0.3 is 12.2 Å². The lowest BCUT2D eigenvalue weighted by molar-refractivity contribution is -0.143. The second-order valence-corrected chi connectivity index (χ2v) is 16.7. The van der Waals surface area contributed by atoms with Crippen LogP contribution in [0.3, 0.4) is 0 Å². The van der Waals surface area contributed by atoms with Gasteiger partial charge in [-0.2, -0.15) is 0 Å². The van der Waals surface area contributed by atoms with Crippen LogP contribution < -0.4 is 20.3 Å². The number of rotatable bonds is 10. The Morgan fingerprint density at radius 2 is 1.69 bits per heavy atom. The van der Waals surface area contributed by atoms with Crippen molar-refractivity contribution in [1.82, 2.24) is 20.3 Å². The number of ether oxygens (including phenoxy) is 2. The smallest absolute Gasteiger partial charge is 0.414 e. The predicted octanol–water partition coefficient (Wildman–Crippen LogP) is 2.84. The zero-order chi connectivity index (χ0) is 35.8. The summed E-state index contributed by atoms with van der Waals surface area (Å²) in [6.45, 7) is 13.8. The quantitative estimate of drug-likeness (QED) is 0.312. The van der Waals surface area contributed by atoms with Gasteiger partial charge in [0.25, 0.3) is 5.91 Å². The van der Waals surface area contributed by atoms with Gasteiger partial charge in [-0.25, -0.2) is 18.0 Å². The van der Waals surface area contributed by atoms with Gasteiger partial charge in [0.2, 0.25) is 21.8 Å². The summed E-state index contributed by atoms with van der Waals surface area (Å²) in [5.74, 6) is -2.80. The molecule has 1 aromatic carbocycles. The molecule has 4 rings (SSSR count). The van der Waals surface area contributed by atoms with Crippen LogP contribution in [0.2, 0.25) is 0 Å². The summed E-state index contributed by atoms with van der Waals surface area (Å²) in [4.78, 5) is 70.1. The second-order valence-electron chi connectivity index (χ2n) is 14.8. The minimum atomic E-state index is -3.91. The standard InChI is InChI=1S/C33H47N5O9S/c1-9-20-18-33(20,28(41)36-48(44,45)23-15-16-23)35-26(39)24-17-22(46-30(43)37(8)21-13-11-10-12-14-21)19-38(24)27(40)25(31(2,3)4)34-29(42)47-32(5,6)7/h9-14,20,22-25H,1,15-19H2,2-8H3,(H,34,42)(H,35,39)(H,36,41)/t20?,22-,24+,25-,33-/m1/s1. The van der Waals surface area contributed by atoms with Crippen LogP contribution in [0.4, 0.5) is 15.3 Å². The summed E-state index contributed by atoms with van der Waals surface area (Å²) in [5, 5.41) is 4.69. The van der Waals surface area contributed by atoms with E-state index in [1.54, 1.807) is 71.9 Å². The minimum absolute atomic E-state index is 0.111. The number of anilines is 1. The molecule has 1 aromatic rings. The Balaban J connectivity index is 1.60. The van der Waals surface area contributed by atoms with Gasteiger partial charge in [-0.05, 0) is 57.6 Å². The highest BCUT2D eigenvalue weighted by Crippen LogP contribution is 2.45. The molecule has 48 heavy (non-hydrogen) atoms. The van der Waals surface area contributed by atoms with Gasteiger partial charge in [0.05, 0.1) is 11.8 Å². The molecule has 2 saturated carbocycles. The SMILES string of the molecule is C=CC1C[C@]1(NC(=O)[C@@H]1C[C@@H](OC(=O)N(C)c2ccccc2)CN1C(=O)[C@@H](NC(=O)OC(C)(C)C)C(C)(C)C)C(=O)NS(=O)(=O)C1CC1. The van der Waals surface area contributed by atoms with E-state index in [-0.39, 0.29) is 19.4 Å². The molecule has 3 aliphatic rings. The van der Waals surface area contributed by atoms with E-state index < -0.39 is 85.8 Å². The molecule has 14 nitrogen and oxygen atoms in total. The molecule has 5 atom stereocenters. The van der Waals surface area contributed by atoms with Crippen molar-refractivity contribution >= 4 is 45.6 Å². The summed E-state index contributed by atoms with van der Waals surface area (Å²) in [5.41, 5.74) is -2.71. The number of carbonyl (C=O) groups excluding carboxylic acids is 5. The third kappa shape index (κ3) is 8.47. The normalized spacial score (nSPS) is 24.5. The van der Waals surface area contributed by atoms with Crippen LogP contribution in [0.1, 0.15) is 67.2 Å². The minimum Gasteiger partial charge on any atom is -0.444 e. The van der Waals surface area contributed by atoms with Crippen molar-refractivity contribution in [3.8, 4) is 0 Å². The summed E-state index contributed by atoms with van der Waals surface area (Å²) >= 11 is 0. The van der Waals surface area contributed by atoms with E-state index >= 15 is 0 Å². The highest BCUT2D eigenvalue weighted by atomic mass is 32.2. The number of hydrogen-bond donors (Lipinski definition) is 3. The average Bonchev–Trinajstić information content (AvgIpc) is 3.91. The maximum atomic E-state index is 14.2. The van der Waals surface area contributed by atoms with Crippen LogP contribution in [0.5, 0.6) is 0 Å². The lowest BCUT2D eigenvalue weighted by Gasteiger charge is -2.36. The van der Waals surface area contributed by atoms with Crippen molar-refractivity contribution in [2.45, 2.75) is 102 Å². The van der Waals surface area contributed by atoms with E-state index in [9.17, 15) is 32.4 Å². The Kier molecular flexibility index (Phi) is 10.2. The lowest BCUT2D eigenvalue weighted by atomic mass is 9.85. The van der Waals surface area contributed by atoms with Crippen LogP contribution in [-0.4, -0.2) is 91.4 Å². The average molecular weight is 690 g/mol. The molecule has 3 fully saturated rings. The third-order valence-electron chi connectivity index (χ3n) is 8.56. The highest BCUT2D eigenvalue weighted by Gasteiger charge is 2.62. The van der Waals surface area contributed by atoms with Crippen molar-refractivity contribution in [2.24, 2.45) is 11.3 Å². The number of carbonyl (C=O) groups is 5. The van der Waals surface area contributed by atoms with Crippen LogP contribution in [0, 0.1) is 11.3 Å². The second kappa shape index (κ2) is 13.4. The molecule has 5 amide bonds. The zero-order valence-electron chi connectivity index (χ0n) is 28.6. The number of para-hydroxylation sites is 1. The number of hydrogen-bond acceptors (Lipinski definition) is 9. The summed E-state index contributed by atoms with van der Waals surface area (Å²) < 4.78 is 38.4.